The Morgan fingerprint density at radius 3 is 2.68 bits per heavy atom. The fraction of sp³-hybridized carbons (Fsp3) is 0.467. The second-order valence-electron chi connectivity index (χ2n) is 5.59. The van der Waals surface area contributed by atoms with Crippen molar-refractivity contribution in [1.82, 2.24) is 35.7 Å². The van der Waals surface area contributed by atoms with Crippen LogP contribution in [0.4, 0.5) is 0 Å². The second-order valence-corrected chi connectivity index (χ2v) is 6.03. The summed E-state index contributed by atoms with van der Waals surface area (Å²) in [7, 11) is 0. The quantitative estimate of drug-likeness (QED) is 0.749. The van der Waals surface area contributed by atoms with E-state index in [1.807, 2.05) is 12.1 Å². The number of rotatable bonds is 6. The molecule has 1 amide bonds. The van der Waals surface area contributed by atoms with Crippen LogP contribution in [0.1, 0.15) is 0 Å². The van der Waals surface area contributed by atoms with Crippen LogP contribution in [-0.4, -0.2) is 70.3 Å². The van der Waals surface area contributed by atoms with Crippen LogP contribution in [0.25, 0.3) is 11.4 Å². The van der Waals surface area contributed by atoms with Gasteiger partial charge in [0.25, 0.3) is 0 Å². The Labute approximate surface area is 157 Å². The first-order chi connectivity index (χ1) is 11.7. The third-order valence-electron chi connectivity index (χ3n) is 3.80. The number of carbonyl (C=O) groups is 1. The minimum Gasteiger partial charge on any atom is -0.353 e. The summed E-state index contributed by atoms with van der Waals surface area (Å²) in [5.41, 5.74) is 0.810. The van der Waals surface area contributed by atoms with Crippen LogP contribution < -0.4 is 10.6 Å². The molecule has 0 saturated carbocycles. The molecule has 136 valence electrons. The molecule has 0 unspecified atom stereocenters. The third kappa shape index (κ3) is 5.93. The summed E-state index contributed by atoms with van der Waals surface area (Å²) in [6.45, 7) is 5.58. The highest BCUT2D eigenvalue weighted by Gasteiger charge is 2.11. The van der Waals surface area contributed by atoms with E-state index in [4.69, 9.17) is 11.6 Å². The van der Waals surface area contributed by atoms with Crippen LogP contribution >= 0.6 is 24.0 Å². The van der Waals surface area contributed by atoms with Crippen LogP contribution in [0, 0.1) is 0 Å². The zero-order valence-electron chi connectivity index (χ0n) is 13.7. The lowest BCUT2D eigenvalue weighted by molar-refractivity contribution is -0.122. The molecule has 0 bridgehead atoms. The Kier molecular flexibility index (Phi) is 7.57. The molecule has 2 heterocycles. The Morgan fingerprint density at radius 2 is 1.96 bits per heavy atom. The Morgan fingerprint density at radius 1 is 1.24 bits per heavy atom. The smallest absolute Gasteiger partial charge is 0.243 e. The molecule has 1 aliphatic heterocycles. The first-order valence-corrected chi connectivity index (χ1v) is 8.32. The van der Waals surface area contributed by atoms with Crippen molar-refractivity contribution in [2.24, 2.45) is 0 Å². The summed E-state index contributed by atoms with van der Waals surface area (Å²) in [4.78, 5) is 15.6. The van der Waals surface area contributed by atoms with Crippen molar-refractivity contribution in [1.29, 1.82) is 0 Å². The van der Waals surface area contributed by atoms with E-state index < -0.39 is 0 Å². The van der Waals surface area contributed by atoms with Crippen molar-refractivity contribution in [3.63, 3.8) is 0 Å². The zero-order valence-corrected chi connectivity index (χ0v) is 15.3. The number of halogens is 2. The molecule has 1 aromatic heterocycles. The summed E-state index contributed by atoms with van der Waals surface area (Å²) in [6, 6.07) is 7.16. The van der Waals surface area contributed by atoms with Gasteiger partial charge in [-0.2, -0.15) is 4.80 Å². The van der Waals surface area contributed by atoms with E-state index in [-0.39, 0.29) is 24.9 Å². The maximum Gasteiger partial charge on any atom is 0.243 e. The Bertz CT molecular complexity index is 671. The number of hydrogen-bond donors (Lipinski definition) is 2. The van der Waals surface area contributed by atoms with Crippen molar-refractivity contribution < 1.29 is 4.79 Å². The van der Waals surface area contributed by atoms with E-state index in [1.165, 1.54) is 4.80 Å². The number of nitrogens with zero attached hydrogens (tertiary/aromatic N) is 5. The number of piperazine rings is 1. The summed E-state index contributed by atoms with van der Waals surface area (Å²) in [6.07, 6.45) is 0. The fourth-order valence-corrected chi connectivity index (χ4v) is 2.62. The summed E-state index contributed by atoms with van der Waals surface area (Å²) >= 11 is 5.86. The first kappa shape index (κ1) is 19.6. The molecule has 1 fully saturated rings. The van der Waals surface area contributed by atoms with Crippen LogP contribution in [0.3, 0.4) is 0 Å². The summed E-state index contributed by atoms with van der Waals surface area (Å²) in [5.74, 6) is 0.352. The molecule has 10 heteroatoms. The van der Waals surface area contributed by atoms with Gasteiger partial charge >= 0.3 is 0 Å². The maximum absolute atomic E-state index is 12.0. The van der Waals surface area contributed by atoms with Gasteiger partial charge in [0, 0.05) is 49.9 Å². The van der Waals surface area contributed by atoms with E-state index in [0.29, 0.717) is 17.4 Å². The van der Waals surface area contributed by atoms with Crippen LogP contribution in [0.5, 0.6) is 0 Å². The summed E-state index contributed by atoms with van der Waals surface area (Å²) in [5, 5.41) is 18.9. The molecule has 0 atom stereocenters. The van der Waals surface area contributed by atoms with Crippen molar-refractivity contribution in [3.8, 4) is 11.4 Å². The molecule has 2 N–H and O–H groups in total. The van der Waals surface area contributed by atoms with Crippen molar-refractivity contribution in [3.05, 3.63) is 29.3 Å². The molecule has 0 aliphatic carbocycles. The lowest BCUT2D eigenvalue weighted by atomic mass is 10.2. The lowest BCUT2D eigenvalue weighted by Gasteiger charge is -2.27. The highest BCUT2D eigenvalue weighted by molar-refractivity contribution is 6.30. The van der Waals surface area contributed by atoms with Crippen LogP contribution in [0.2, 0.25) is 5.02 Å². The molecule has 0 radical (unpaired) electrons. The minimum absolute atomic E-state index is 0. The van der Waals surface area contributed by atoms with Gasteiger partial charge < -0.3 is 10.6 Å². The van der Waals surface area contributed by atoms with Gasteiger partial charge in [0.05, 0.1) is 0 Å². The van der Waals surface area contributed by atoms with Gasteiger partial charge in [-0.25, -0.2) is 0 Å². The monoisotopic (exact) mass is 385 g/mol. The Balaban J connectivity index is 0.00000225. The van der Waals surface area contributed by atoms with Crippen molar-refractivity contribution >= 4 is 29.9 Å². The number of nitrogens with one attached hydrogen (secondary N) is 2. The molecule has 1 aromatic carbocycles. The SMILES string of the molecule is Cl.O=C(Cn1nnc(-c2ccc(Cl)cc2)n1)NCCN1CCNCC1. The molecular weight excluding hydrogens is 365 g/mol. The van der Waals surface area contributed by atoms with Gasteiger partial charge in [-0.15, -0.1) is 22.6 Å². The van der Waals surface area contributed by atoms with Gasteiger partial charge in [0.1, 0.15) is 6.54 Å². The van der Waals surface area contributed by atoms with Gasteiger partial charge in [-0.3, -0.25) is 9.69 Å². The second kappa shape index (κ2) is 9.67. The summed E-state index contributed by atoms with van der Waals surface area (Å²) < 4.78 is 0. The highest BCUT2D eigenvalue weighted by atomic mass is 35.5. The third-order valence-corrected chi connectivity index (χ3v) is 4.05. The zero-order chi connectivity index (χ0) is 16.8. The van der Waals surface area contributed by atoms with Gasteiger partial charge in [-0.05, 0) is 29.5 Å². The average molecular weight is 386 g/mol. The predicted octanol–water partition coefficient (Wildman–Crippen LogP) is 0.437. The van der Waals surface area contributed by atoms with Crippen molar-refractivity contribution in [2.75, 3.05) is 39.3 Å². The normalized spacial score (nSPS) is 14.8. The van der Waals surface area contributed by atoms with E-state index in [1.54, 1.807) is 12.1 Å². The molecule has 25 heavy (non-hydrogen) atoms. The molecule has 8 nitrogen and oxygen atoms in total. The number of aromatic nitrogens is 4. The minimum atomic E-state index is -0.120. The van der Waals surface area contributed by atoms with E-state index >= 15 is 0 Å². The number of benzene rings is 1. The lowest BCUT2D eigenvalue weighted by Crippen LogP contribution is -2.46. The van der Waals surface area contributed by atoms with Crippen LogP contribution in [-0.2, 0) is 11.3 Å². The largest absolute Gasteiger partial charge is 0.353 e. The number of amides is 1. The molecule has 2 aromatic rings. The van der Waals surface area contributed by atoms with Crippen molar-refractivity contribution in [2.45, 2.75) is 6.54 Å². The molecule has 0 spiro atoms. The molecule has 1 saturated heterocycles. The molecule has 1 aliphatic rings. The number of carbonyl (C=O) groups excluding carboxylic acids is 1. The van der Waals surface area contributed by atoms with Gasteiger partial charge in [-0.1, -0.05) is 11.6 Å². The first-order valence-electron chi connectivity index (χ1n) is 7.94. The van der Waals surface area contributed by atoms with E-state index in [9.17, 15) is 4.79 Å². The van der Waals surface area contributed by atoms with E-state index in [0.717, 1.165) is 38.3 Å². The van der Waals surface area contributed by atoms with Gasteiger partial charge in [0.15, 0.2) is 0 Å². The number of hydrogen-bond acceptors (Lipinski definition) is 6. The maximum atomic E-state index is 12.0. The average Bonchev–Trinajstić information content (AvgIpc) is 3.05. The fourth-order valence-electron chi connectivity index (χ4n) is 2.50. The van der Waals surface area contributed by atoms with Crippen LogP contribution in [0.15, 0.2) is 24.3 Å². The predicted molar refractivity (Wildman–Crippen MR) is 97.8 cm³/mol. The topological polar surface area (TPSA) is 88.0 Å². The molecular formula is C15H21Cl2N7O. The Hall–Kier alpha value is -1.74. The standard InChI is InChI=1S/C15H20ClN7O.ClH/c16-13-3-1-12(2-4-13)15-19-21-23(20-15)11-14(24)18-7-10-22-8-5-17-6-9-22;/h1-4,17H,5-11H2,(H,18,24);1H. The van der Waals surface area contributed by atoms with E-state index in [2.05, 4.69) is 30.9 Å². The van der Waals surface area contributed by atoms with Gasteiger partial charge in [0.2, 0.25) is 11.7 Å². The molecule has 3 rings (SSSR count). The highest BCUT2D eigenvalue weighted by Crippen LogP contribution is 2.16. The number of tetrazole rings is 1.